The molecule has 21 heavy (non-hydrogen) atoms. The number of benzene rings is 1. The van der Waals surface area contributed by atoms with Crippen molar-refractivity contribution in [3.05, 3.63) is 52.6 Å². The molecule has 0 spiro atoms. The number of thiocarbonyl (C=S) groups is 1. The molecule has 1 fully saturated rings. The van der Waals surface area contributed by atoms with Crippen LogP contribution in [0.1, 0.15) is 16.1 Å². The lowest BCUT2D eigenvalue weighted by atomic mass is 10.1. The monoisotopic (exact) mass is 315 g/mol. The van der Waals surface area contributed by atoms with Crippen LogP contribution in [-0.4, -0.2) is 16.5 Å². The van der Waals surface area contributed by atoms with Crippen molar-refractivity contribution in [3.8, 4) is 11.3 Å². The summed E-state index contributed by atoms with van der Waals surface area (Å²) < 4.78 is 6.13. The van der Waals surface area contributed by atoms with Crippen LogP contribution in [0.4, 0.5) is 0 Å². The SMILES string of the molecule is O=Cc1cccc(-c2ccc(/C=C3\SC(=S)NC3=O)o2)c1. The Hall–Kier alpha value is -2.18. The van der Waals surface area contributed by atoms with E-state index in [0.717, 1.165) is 11.8 Å². The third kappa shape index (κ3) is 2.96. The number of aldehydes is 1. The molecule has 4 nitrogen and oxygen atoms in total. The van der Waals surface area contributed by atoms with Crippen LogP contribution in [0.5, 0.6) is 0 Å². The van der Waals surface area contributed by atoms with Crippen LogP contribution in [-0.2, 0) is 4.79 Å². The predicted octanol–water partition coefficient (Wildman–Crippen LogP) is 3.25. The minimum absolute atomic E-state index is 0.217. The van der Waals surface area contributed by atoms with E-state index in [0.29, 0.717) is 26.3 Å². The van der Waals surface area contributed by atoms with Gasteiger partial charge in [0.05, 0.1) is 4.91 Å². The number of thioether (sulfide) groups is 1. The highest BCUT2D eigenvalue weighted by molar-refractivity contribution is 8.26. The van der Waals surface area contributed by atoms with Gasteiger partial charge in [-0.3, -0.25) is 9.59 Å². The first-order valence-electron chi connectivity index (χ1n) is 6.06. The normalized spacial score (nSPS) is 16.3. The van der Waals surface area contributed by atoms with E-state index in [1.165, 1.54) is 11.8 Å². The molecule has 1 aliphatic heterocycles. The van der Waals surface area contributed by atoms with E-state index in [2.05, 4.69) is 5.32 Å². The van der Waals surface area contributed by atoms with Crippen LogP contribution < -0.4 is 5.32 Å². The number of nitrogens with one attached hydrogen (secondary N) is 1. The summed E-state index contributed by atoms with van der Waals surface area (Å²) in [4.78, 5) is 22.9. The van der Waals surface area contributed by atoms with E-state index in [-0.39, 0.29) is 5.91 Å². The molecule has 2 aromatic rings. The van der Waals surface area contributed by atoms with Gasteiger partial charge in [0, 0.05) is 17.2 Å². The average Bonchev–Trinajstić information content (AvgIpc) is 3.06. The molecule has 104 valence electrons. The summed E-state index contributed by atoms with van der Waals surface area (Å²) >= 11 is 6.13. The van der Waals surface area contributed by atoms with Gasteiger partial charge in [-0.15, -0.1) is 0 Å². The Kier molecular flexibility index (Phi) is 3.72. The number of rotatable bonds is 3. The first kappa shape index (κ1) is 13.8. The molecule has 1 aliphatic rings. The van der Waals surface area contributed by atoms with Crippen molar-refractivity contribution in [1.82, 2.24) is 5.32 Å². The number of carbonyl (C=O) groups excluding carboxylic acids is 2. The Morgan fingerprint density at radius 3 is 2.81 bits per heavy atom. The maximum Gasteiger partial charge on any atom is 0.263 e. The van der Waals surface area contributed by atoms with Crippen molar-refractivity contribution < 1.29 is 14.0 Å². The maximum atomic E-state index is 11.6. The van der Waals surface area contributed by atoms with Crippen LogP contribution in [0.25, 0.3) is 17.4 Å². The molecule has 0 unspecified atom stereocenters. The third-order valence-electron chi connectivity index (χ3n) is 2.85. The fourth-order valence-corrected chi connectivity index (χ4v) is 2.93. The molecule has 6 heteroatoms. The summed E-state index contributed by atoms with van der Waals surface area (Å²) in [6, 6.07) is 10.7. The van der Waals surface area contributed by atoms with E-state index >= 15 is 0 Å². The van der Waals surface area contributed by atoms with Crippen LogP contribution in [0.3, 0.4) is 0 Å². The number of amides is 1. The third-order valence-corrected chi connectivity index (χ3v) is 4.01. The summed E-state index contributed by atoms with van der Waals surface area (Å²) in [5.41, 5.74) is 1.39. The van der Waals surface area contributed by atoms with Gasteiger partial charge < -0.3 is 9.73 Å². The molecule has 3 rings (SSSR count). The van der Waals surface area contributed by atoms with Crippen molar-refractivity contribution in [2.45, 2.75) is 0 Å². The van der Waals surface area contributed by atoms with Gasteiger partial charge in [-0.1, -0.05) is 42.2 Å². The fraction of sp³-hybridized carbons (Fsp3) is 0. The van der Waals surface area contributed by atoms with E-state index in [4.69, 9.17) is 16.6 Å². The minimum Gasteiger partial charge on any atom is -0.457 e. The standard InChI is InChI=1S/C15H9NO3S2/c17-8-9-2-1-3-10(6-9)12-5-4-11(19-12)7-13-14(18)16-15(20)21-13/h1-8H,(H,16,18,20)/b13-7-. The summed E-state index contributed by atoms with van der Waals surface area (Å²) in [6.45, 7) is 0. The lowest BCUT2D eigenvalue weighted by Crippen LogP contribution is -2.17. The van der Waals surface area contributed by atoms with Gasteiger partial charge in [0.15, 0.2) is 0 Å². The van der Waals surface area contributed by atoms with Crippen molar-refractivity contribution in [3.63, 3.8) is 0 Å². The van der Waals surface area contributed by atoms with Crippen LogP contribution >= 0.6 is 24.0 Å². The highest BCUT2D eigenvalue weighted by atomic mass is 32.2. The molecule has 0 bridgehead atoms. The molecule has 0 saturated carbocycles. The van der Waals surface area contributed by atoms with Crippen LogP contribution in [0.2, 0.25) is 0 Å². The predicted molar refractivity (Wildman–Crippen MR) is 85.8 cm³/mol. The molecular weight excluding hydrogens is 306 g/mol. The number of furan rings is 1. The molecule has 1 aromatic heterocycles. The second-order valence-corrected chi connectivity index (χ2v) is 6.02. The van der Waals surface area contributed by atoms with Crippen molar-refractivity contribution >= 4 is 46.6 Å². The van der Waals surface area contributed by atoms with Crippen molar-refractivity contribution in [2.75, 3.05) is 0 Å². The summed E-state index contributed by atoms with van der Waals surface area (Å²) in [5, 5.41) is 2.55. The van der Waals surface area contributed by atoms with E-state index in [9.17, 15) is 9.59 Å². The second-order valence-electron chi connectivity index (χ2n) is 4.30. The zero-order valence-electron chi connectivity index (χ0n) is 10.7. The molecule has 1 N–H and O–H groups in total. The topological polar surface area (TPSA) is 59.3 Å². The summed E-state index contributed by atoms with van der Waals surface area (Å²) in [7, 11) is 0. The van der Waals surface area contributed by atoms with E-state index in [1.807, 2.05) is 6.07 Å². The minimum atomic E-state index is -0.217. The summed E-state index contributed by atoms with van der Waals surface area (Å²) in [6.07, 6.45) is 2.43. The number of carbonyl (C=O) groups is 2. The molecule has 1 amide bonds. The molecular formula is C15H9NO3S2. The Morgan fingerprint density at radius 2 is 2.10 bits per heavy atom. The van der Waals surface area contributed by atoms with Gasteiger partial charge in [0.1, 0.15) is 22.1 Å². The Bertz CT molecular complexity index is 777. The van der Waals surface area contributed by atoms with Gasteiger partial charge in [0.25, 0.3) is 5.91 Å². The van der Waals surface area contributed by atoms with Gasteiger partial charge in [-0.25, -0.2) is 0 Å². The lowest BCUT2D eigenvalue weighted by molar-refractivity contribution is -0.115. The van der Waals surface area contributed by atoms with Gasteiger partial charge in [-0.05, 0) is 18.2 Å². The smallest absolute Gasteiger partial charge is 0.263 e. The number of hydrogen-bond donors (Lipinski definition) is 1. The second kappa shape index (κ2) is 5.67. The first-order valence-corrected chi connectivity index (χ1v) is 7.28. The van der Waals surface area contributed by atoms with Crippen molar-refractivity contribution in [1.29, 1.82) is 0 Å². The first-order chi connectivity index (χ1) is 10.2. The van der Waals surface area contributed by atoms with E-state index in [1.54, 1.807) is 36.4 Å². The summed E-state index contributed by atoms with van der Waals surface area (Å²) in [5.74, 6) is 0.978. The quantitative estimate of drug-likeness (QED) is 0.535. The highest BCUT2D eigenvalue weighted by Gasteiger charge is 2.22. The molecule has 1 saturated heterocycles. The number of hydrogen-bond acceptors (Lipinski definition) is 5. The molecule has 0 radical (unpaired) electrons. The average molecular weight is 315 g/mol. The van der Waals surface area contributed by atoms with Crippen LogP contribution in [0.15, 0.2) is 45.7 Å². The molecule has 0 atom stereocenters. The molecule has 2 heterocycles. The maximum absolute atomic E-state index is 11.6. The Morgan fingerprint density at radius 1 is 1.24 bits per heavy atom. The zero-order valence-corrected chi connectivity index (χ0v) is 12.3. The Labute approximate surface area is 130 Å². The van der Waals surface area contributed by atoms with Gasteiger partial charge in [0.2, 0.25) is 0 Å². The molecule has 1 aromatic carbocycles. The Balaban J connectivity index is 1.90. The lowest BCUT2D eigenvalue weighted by Gasteiger charge is -1.97. The zero-order chi connectivity index (χ0) is 14.8. The van der Waals surface area contributed by atoms with Gasteiger partial charge in [-0.2, -0.15) is 0 Å². The molecule has 0 aliphatic carbocycles. The highest BCUT2D eigenvalue weighted by Crippen LogP contribution is 2.28. The van der Waals surface area contributed by atoms with Crippen molar-refractivity contribution in [2.24, 2.45) is 0 Å². The van der Waals surface area contributed by atoms with E-state index < -0.39 is 0 Å². The fourth-order valence-electron chi connectivity index (χ4n) is 1.90. The van der Waals surface area contributed by atoms with Gasteiger partial charge >= 0.3 is 0 Å². The largest absolute Gasteiger partial charge is 0.457 e. The van der Waals surface area contributed by atoms with Crippen LogP contribution in [0, 0.1) is 0 Å².